The molecule has 0 saturated heterocycles. The number of hydrogen-bond donors (Lipinski definition) is 3. The molecule has 1 aromatic rings. The predicted octanol–water partition coefficient (Wildman–Crippen LogP) is 1.53. The van der Waals surface area contributed by atoms with E-state index in [1.54, 1.807) is 13.2 Å². The van der Waals surface area contributed by atoms with Crippen molar-refractivity contribution in [2.75, 3.05) is 36.6 Å². The Kier molecular flexibility index (Phi) is 6.94. The molecule has 0 spiro atoms. The van der Waals surface area contributed by atoms with Crippen molar-refractivity contribution in [1.29, 1.82) is 0 Å². The molecule has 7 heteroatoms. The Morgan fingerprint density at radius 2 is 2.10 bits per heavy atom. The van der Waals surface area contributed by atoms with Gasteiger partial charge in [0.1, 0.15) is 0 Å². The van der Waals surface area contributed by atoms with Gasteiger partial charge in [0.15, 0.2) is 0 Å². The lowest BCUT2D eigenvalue weighted by Crippen LogP contribution is -2.25. The van der Waals surface area contributed by atoms with Crippen LogP contribution in [-0.2, 0) is 14.8 Å². The molecular formula is C14H25N3O3S. The van der Waals surface area contributed by atoms with Crippen molar-refractivity contribution < 1.29 is 13.2 Å². The molecule has 0 amide bonds. The number of methoxy groups -OCH3 is 1. The molecule has 0 aliphatic rings. The number of aryl methyl sites for hydroxylation is 1. The molecule has 1 unspecified atom stereocenters. The largest absolute Gasteiger partial charge is 0.383 e. The first kappa shape index (κ1) is 17.7. The Hall–Kier alpha value is -1.31. The summed E-state index contributed by atoms with van der Waals surface area (Å²) in [5, 5.41) is 3.39. The third kappa shape index (κ3) is 6.79. The summed E-state index contributed by atoms with van der Waals surface area (Å²) in [5.41, 5.74) is 7.92. The van der Waals surface area contributed by atoms with Crippen LogP contribution in [0.15, 0.2) is 18.2 Å². The molecule has 0 saturated carbocycles. The summed E-state index contributed by atoms with van der Waals surface area (Å²) in [4.78, 5) is 0. The number of sulfonamides is 1. The smallest absolute Gasteiger partial charge is 0.229 e. The van der Waals surface area contributed by atoms with E-state index in [2.05, 4.69) is 10.0 Å². The molecule has 0 aromatic heterocycles. The van der Waals surface area contributed by atoms with Gasteiger partial charge >= 0.3 is 0 Å². The van der Waals surface area contributed by atoms with E-state index in [1.807, 2.05) is 19.1 Å². The van der Waals surface area contributed by atoms with Crippen molar-refractivity contribution >= 4 is 21.4 Å². The Labute approximate surface area is 127 Å². The Morgan fingerprint density at radius 1 is 1.38 bits per heavy atom. The number of nitrogens with two attached hydrogens (primary N) is 1. The fraction of sp³-hybridized carbons (Fsp3) is 0.571. The predicted molar refractivity (Wildman–Crippen MR) is 87.2 cm³/mol. The maximum Gasteiger partial charge on any atom is 0.229 e. The van der Waals surface area contributed by atoms with E-state index >= 15 is 0 Å². The molecule has 1 atom stereocenters. The third-order valence-electron chi connectivity index (χ3n) is 3.02. The molecule has 6 nitrogen and oxygen atoms in total. The van der Waals surface area contributed by atoms with Crippen LogP contribution in [0, 0.1) is 6.92 Å². The zero-order chi connectivity index (χ0) is 15.9. The summed E-state index contributed by atoms with van der Waals surface area (Å²) in [6.45, 7) is 3.12. The number of hydrogen-bond acceptors (Lipinski definition) is 5. The minimum atomic E-state index is -3.26. The quantitative estimate of drug-likeness (QED) is 0.642. The number of nitrogens with one attached hydrogen (secondary N) is 2. The van der Waals surface area contributed by atoms with Crippen molar-refractivity contribution in [3.8, 4) is 0 Å². The second-order valence-corrected chi connectivity index (χ2v) is 6.88. The molecule has 4 N–H and O–H groups in total. The summed E-state index contributed by atoms with van der Waals surface area (Å²) in [7, 11) is -1.59. The van der Waals surface area contributed by atoms with E-state index in [1.165, 1.54) is 0 Å². The van der Waals surface area contributed by atoms with Crippen LogP contribution in [0.4, 0.5) is 11.4 Å². The summed E-state index contributed by atoms with van der Waals surface area (Å²) in [6.07, 6.45) is 2.99. The van der Waals surface area contributed by atoms with Crippen LogP contribution in [0.25, 0.3) is 0 Å². The van der Waals surface area contributed by atoms with E-state index in [9.17, 15) is 8.42 Å². The highest BCUT2D eigenvalue weighted by Gasteiger charge is 2.10. The van der Waals surface area contributed by atoms with Crippen LogP contribution in [0.1, 0.15) is 18.4 Å². The number of anilines is 2. The van der Waals surface area contributed by atoms with E-state index in [0.717, 1.165) is 30.3 Å². The lowest BCUT2D eigenvalue weighted by atomic mass is 10.1. The van der Waals surface area contributed by atoms with Gasteiger partial charge in [-0.3, -0.25) is 4.72 Å². The van der Waals surface area contributed by atoms with Gasteiger partial charge in [-0.25, -0.2) is 8.42 Å². The molecule has 0 aliphatic heterocycles. The second-order valence-electron chi connectivity index (χ2n) is 5.13. The lowest BCUT2D eigenvalue weighted by molar-refractivity contribution is 0.182. The first-order valence-corrected chi connectivity index (χ1v) is 8.79. The van der Waals surface area contributed by atoms with Gasteiger partial charge in [0.2, 0.25) is 10.0 Å². The van der Waals surface area contributed by atoms with Crippen LogP contribution in [0.5, 0.6) is 0 Å². The van der Waals surface area contributed by atoms with Crippen LogP contribution in [-0.4, -0.2) is 41.0 Å². The number of benzene rings is 1. The van der Waals surface area contributed by atoms with Gasteiger partial charge in [-0.05, 0) is 50.1 Å². The average Bonchev–Trinajstić information content (AvgIpc) is 2.38. The Morgan fingerprint density at radius 3 is 2.62 bits per heavy atom. The van der Waals surface area contributed by atoms with E-state index in [0.29, 0.717) is 18.8 Å². The van der Waals surface area contributed by atoms with Crippen molar-refractivity contribution in [2.24, 2.45) is 5.73 Å². The highest BCUT2D eigenvalue weighted by Crippen LogP contribution is 2.21. The van der Waals surface area contributed by atoms with Crippen LogP contribution >= 0.6 is 0 Å². The van der Waals surface area contributed by atoms with Gasteiger partial charge in [-0.15, -0.1) is 0 Å². The maximum absolute atomic E-state index is 11.3. The molecule has 0 aliphatic carbocycles. The molecule has 1 rings (SSSR count). The average molecular weight is 315 g/mol. The summed E-state index contributed by atoms with van der Waals surface area (Å²) < 4.78 is 30.2. The molecule has 21 heavy (non-hydrogen) atoms. The monoisotopic (exact) mass is 315 g/mol. The SMILES string of the molecule is COCC(CCCN)Nc1ccc(NS(C)(=O)=O)c(C)c1. The minimum absolute atomic E-state index is 0.187. The zero-order valence-electron chi connectivity index (χ0n) is 12.8. The highest BCUT2D eigenvalue weighted by molar-refractivity contribution is 7.92. The van der Waals surface area contributed by atoms with Crippen LogP contribution < -0.4 is 15.8 Å². The van der Waals surface area contributed by atoms with Gasteiger partial charge in [0, 0.05) is 18.8 Å². The van der Waals surface area contributed by atoms with Gasteiger partial charge in [0.05, 0.1) is 18.6 Å². The molecular weight excluding hydrogens is 290 g/mol. The Bertz CT molecular complexity index is 546. The minimum Gasteiger partial charge on any atom is -0.383 e. The fourth-order valence-electron chi connectivity index (χ4n) is 2.07. The summed E-state index contributed by atoms with van der Waals surface area (Å²) in [5.74, 6) is 0. The topological polar surface area (TPSA) is 93.4 Å². The highest BCUT2D eigenvalue weighted by atomic mass is 32.2. The second kappa shape index (κ2) is 8.21. The van der Waals surface area contributed by atoms with E-state index in [4.69, 9.17) is 10.5 Å². The van der Waals surface area contributed by atoms with Gasteiger partial charge in [-0.2, -0.15) is 0 Å². The molecule has 0 heterocycles. The lowest BCUT2D eigenvalue weighted by Gasteiger charge is -2.20. The van der Waals surface area contributed by atoms with Gasteiger partial charge in [-0.1, -0.05) is 0 Å². The standard InChI is InChI=1S/C14H25N3O3S/c1-11-9-12(6-7-14(11)17-21(3,18)19)16-13(10-20-2)5-4-8-15/h6-7,9,13,16-17H,4-5,8,10,15H2,1-3H3. The zero-order valence-corrected chi connectivity index (χ0v) is 13.7. The normalized spacial score (nSPS) is 13.0. The van der Waals surface area contributed by atoms with Crippen molar-refractivity contribution in [3.05, 3.63) is 23.8 Å². The third-order valence-corrected chi connectivity index (χ3v) is 3.61. The molecule has 120 valence electrons. The van der Waals surface area contributed by atoms with Crippen molar-refractivity contribution in [1.82, 2.24) is 0 Å². The Balaban J connectivity index is 2.77. The summed E-state index contributed by atoms with van der Waals surface area (Å²) in [6, 6.07) is 5.71. The number of ether oxygens (including phenoxy) is 1. The first-order chi connectivity index (χ1) is 9.85. The fourth-order valence-corrected chi connectivity index (χ4v) is 2.69. The maximum atomic E-state index is 11.3. The molecule has 0 radical (unpaired) electrons. The first-order valence-electron chi connectivity index (χ1n) is 6.89. The van der Waals surface area contributed by atoms with Crippen LogP contribution in [0.3, 0.4) is 0 Å². The number of rotatable bonds is 9. The van der Waals surface area contributed by atoms with Crippen molar-refractivity contribution in [3.63, 3.8) is 0 Å². The molecule has 0 fully saturated rings. The van der Waals surface area contributed by atoms with Crippen LogP contribution in [0.2, 0.25) is 0 Å². The van der Waals surface area contributed by atoms with Crippen molar-refractivity contribution in [2.45, 2.75) is 25.8 Å². The summed E-state index contributed by atoms with van der Waals surface area (Å²) >= 11 is 0. The molecule has 0 bridgehead atoms. The van der Waals surface area contributed by atoms with Gasteiger partial charge < -0.3 is 15.8 Å². The molecule has 1 aromatic carbocycles. The van der Waals surface area contributed by atoms with E-state index < -0.39 is 10.0 Å². The van der Waals surface area contributed by atoms with Gasteiger partial charge in [0.25, 0.3) is 0 Å². The van der Waals surface area contributed by atoms with E-state index in [-0.39, 0.29) is 6.04 Å².